The van der Waals surface area contributed by atoms with E-state index in [0.29, 0.717) is 0 Å². The minimum Gasteiger partial charge on any atom is -0.356 e. The van der Waals surface area contributed by atoms with Crippen LogP contribution in [-0.4, -0.2) is 22.3 Å². The number of H-pyrrole nitrogens is 1. The van der Waals surface area contributed by atoms with Crippen LogP contribution >= 0.6 is 11.6 Å². The van der Waals surface area contributed by atoms with Crippen molar-refractivity contribution < 1.29 is 4.79 Å². The fraction of sp³-hybridized carbons (Fsp3) is 0.316. The third-order valence-electron chi connectivity index (χ3n) is 5.40. The highest BCUT2D eigenvalue weighted by atomic mass is 35.5. The predicted molar refractivity (Wildman–Crippen MR) is 91.5 cm³/mol. The van der Waals surface area contributed by atoms with E-state index in [1.54, 1.807) is 0 Å². The second-order valence-corrected chi connectivity index (χ2v) is 7.09. The summed E-state index contributed by atoms with van der Waals surface area (Å²) in [5, 5.41) is 1.98. The van der Waals surface area contributed by atoms with Crippen LogP contribution in [-0.2, 0) is 11.2 Å². The Labute approximate surface area is 139 Å². The van der Waals surface area contributed by atoms with Gasteiger partial charge in [0.05, 0.1) is 6.04 Å². The van der Waals surface area contributed by atoms with Gasteiger partial charge in [0, 0.05) is 33.7 Å². The highest BCUT2D eigenvalue weighted by Crippen LogP contribution is 2.42. The highest BCUT2D eigenvalue weighted by molar-refractivity contribution is 6.31. The normalized spacial score (nSPS) is 23.1. The number of allylic oxidation sites excluding steroid dienone is 1. The molecule has 2 aliphatic carbocycles. The van der Waals surface area contributed by atoms with E-state index in [4.69, 9.17) is 11.6 Å². The molecule has 0 saturated carbocycles. The molecular weight excluding hydrogens is 308 g/mol. The Hall–Kier alpha value is -2.00. The standard InChI is InChI=1S/C19H17ClN2O/c20-12-7-8-16-15(9-12)14-5-2-6-17(18(14)21-16)22-10-11-3-1-4-13(11)19(22)23/h1,3,7-9,17,21H,2,4-6,10H2. The minimum atomic E-state index is 0.163. The number of carbonyl (C=O) groups excluding carboxylic acids is 1. The molecule has 5 rings (SSSR count). The number of hydrogen-bond acceptors (Lipinski definition) is 1. The summed E-state index contributed by atoms with van der Waals surface area (Å²) in [7, 11) is 0. The molecule has 1 N–H and O–H groups in total. The van der Waals surface area contributed by atoms with Crippen molar-refractivity contribution in [3.8, 4) is 0 Å². The molecule has 0 bridgehead atoms. The second-order valence-electron chi connectivity index (χ2n) is 6.66. The van der Waals surface area contributed by atoms with Gasteiger partial charge in [-0.2, -0.15) is 0 Å². The lowest BCUT2D eigenvalue weighted by Crippen LogP contribution is -2.34. The van der Waals surface area contributed by atoms with Crippen LogP contribution in [0.3, 0.4) is 0 Å². The maximum Gasteiger partial charge on any atom is 0.251 e. The Kier molecular flexibility index (Phi) is 2.77. The van der Waals surface area contributed by atoms with Crippen LogP contribution in [0.2, 0.25) is 5.02 Å². The lowest BCUT2D eigenvalue weighted by Gasteiger charge is -2.32. The van der Waals surface area contributed by atoms with E-state index < -0.39 is 0 Å². The molecule has 1 atom stereocenters. The number of aromatic amines is 1. The maximum absolute atomic E-state index is 12.8. The number of fused-ring (bicyclic) bond motifs is 3. The van der Waals surface area contributed by atoms with Crippen LogP contribution in [0.5, 0.6) is 0 Å². The Morgan fingerprint density at radius 1 is 1.30 bits per heavy atom. The number of nitrogens with zero attached hydrogens (tertiary/aromatic N) is 1. The molecule has 1 amide bonds. The van der Waals surface area contributed by atoms with E-state index in [-0.39, 0.29) is 11.9 Å². The van der Waals surface area contributed by atoms with Crippen molar-refractivity contribution in [2.24, 2.45) is 0 Å². The summed E-state index contributed by atoms with van der Waals surface area (Å²) in [6.45, 7) is 0.755. The topological polar surface area (TPSA) is 36.1 Å². The van der Waals surface area contributed by atoms with Gasteiger partial charge in [0.2, 0.25) is 0 Å². The van der Waals surface area contributed by atoms with Crippen molar-refractivity contribution in [1.29, 1.82) is 0 Å². The van der Waals surface area contributed by atoms with E-state index in [2.05, 4.69) is 22.0 Å². The van der Waals surface area contributed by atoms with Crippen LogP contribution in [0.15, 0.2) is 41.5 Å². The first-order valence-electron chi connectivity index (χ1n) is 8.22. The quantitative estimate of drug-likeness (QED) is 0.834. The lowest BCUT2D eigenvalue weighted by atomic mass is 9.90. The molecule has 2 heterocycles. The molecule has 4 heteroatoms. The molecule has 1 unspecified atom stereocenters. The largest absolute Gasteiger partial charge is 0.356 e. The van der Waals surface area contributed by atoms with Gasteiger partial charge in [-0.15, -0.1) is 0 Å². The number of halogens is 1. The number of amides is 1. The number of aryl methyl sites for hydroxylation is 1. The molecule has 1 aromatic carbocycles. The fourth-order valence-electron chi connectivity index (χ4n) is 4.33. The van der Waals surface area contributed by atoms with E-state index >= 15 is 0 Å². The molecule has 0 radical (unpaired) electrons. The van der Waals surface area contributed by atoms with Gasteiger partial charge in [0.25, 0.3) is 5.91 Å². The third-order valence-corrected chi connectivity index (χ3v) is 5.64. The number of rotatable bonds is 1. The molecule has 1 aromatic heterocycles. The van der Waals surface area contributed by atoms with Crippen molar-refractivity contribution in [3.63, 3.8) is 0 Å². The average Bonchev–Trinajstić information content (AvgIpc) is 3.22. The Bertz CT molecular complexity index is 905. The molecule has 23 heavy (non-hydrogen) atoms. The van der Waals surface area contributed by atoms with Gasteiger partial charge in [0.15, 0.2) is 0 Å². The zero-order valence-corrected chi connectivity index (χ0v) is 13.5. The Balaban J connectivity index is 1.59. The molecule has 3 aliphatic rings. The number of benzene rings is 1. The molecule has 0 spiro atoms. The summed E-state index contributed by atoms with van der Waals surface area (Å²) in [6, 6.07) is 6.17. The van der Waals surface area contributed by atoms with Gasteiger partial charge in [-0.1, -0.05) is 23.8 Å². The monoisotopic (exact) mass is 324 g/mol. The van der Waals surface area contributed by atoms with Crippen molar-refractivity contribution in [2.75, 3.05) is 6.54 Å². The van der Waals surface area contributed by atoms with E-state index in [9.17, 15) is 4.79 Å². The first-order valence-corrected chi connectivity index (χ1v) is 8.59. The van der Waals surface area contributed by atoms with Crippen LogP contribution < -0.4 is 0 Å². The number of hydrogen-bond donors (Lipinski definition) is 1. The van der Waals surface area contributed by atoms with Crippen LogP contribution in [0.25, 0.3) is 10.9 Å². The fourth-order valence-corrected chi connectivity index (χ4v) is 4.50. The third kappa shape index (κ3) is 1.86. The second kappa shape index (κ2) is 4.75. The molecular formula is C19H17ClN2O. The summed E-state index contributed by atoms with van der Waals surface area (Å²) in [4.78, 5) is 18.4. The van der Waals surface area contributed by atoms with E-state index in [0.717, 1.165) is 48.3 Å². The summed E-state index contributed by atoms with van der Waals surface area (Å²) in [6.07, 6.45) is 8.21. The zero-order valence-electron chi connectivity index (χ0n) is 12.7. The van der Waals surface area contributed by atoms with Gasteiger partial charge in [-0.3, -0.25) is 4.79 Å². The highest BCUT2D eigenvalue weighted by Gasteiger charge is 2.38. The summed E-state index contributed by atoms with van der Waals surface area (Å²) >= 11 is 6.18. The molecule has 1 aliphatic heterocycles. The van der Waals surface area contributed by atoms with Gasteiger partial charge in [-0.25, -0.2) is 0 Å². The first kappa shape index (κ1) is 13.4. The average molecular weight is 325 g/mol. The van der Waals surface area contributed by atoms with Gasteiger partial charge < -0.3 is 9.88 Å². The Morgan fingerprint density at radius 3 is 3.09 bits per heavy atom. The van der Waals surface area contributed by atoms with Crippen molar-refractivity contribution >= 4 is 28.4 Å². The zero-order chi connectivity index (χ0) is 15.6. The number of nitrogens with one attached hydrogen (secondary N) is 1. The maximum atomic E-state index is 12.8. The van der Waals surface area contributed by atoms with Gasteiger partial charge in [0.1, 0.15) is 0 Å². The summed E-state index contributed by atoms with van der Waals surface area (Å²) in [5.74, 6) is 0.222. The van der Waals surface area contributed by atoms with Crippen LogP contribution in [0.4, 0.5) is 0 Å². The van der Waals surface area contributed by atoms with Crippen molar-refractivity contribution in [1.82, 2.24) is 9.88 Å². The van der Waals surface area contributed by atoms with Crippen molar-refractivity contribution in [2.45, 2.75) is 31.7 Å². The van der Waals surface area contributed by atoms with Gasteiger partial charge >= 0.3 is 0 Å². The molecule has 0 saturated heterocycles. The SMILES string of the molecule is O=C1C2=C(C=CC2)CN1C1CCCc2c1[nH]c1ccc(Cl)cc21. The minimum absolute atomic E-state index is 0.163. The summed E-state index contributed by atoms with van der Waals surface area (Å²) in [5.41, 5.74) is 5.89. The molecule has 2 aromatic rings. The van der Waals surface area contributed by atoms with Crippen LogP contribution in [0, 0.1) is 0 Å². The summed E-state index contributed by atoms with van der Waals surface area (Å²) < 4.78 is 0. The Morgan fingerprint density at radius 2 is 2.22 bits per heavy atom. The predicted octanol–water partition coefficient (Wildman–Crippen LogP) is 4.30. The number of aromatic nitrogens is 1. The van der Waals surface area contributed by atoms with E-state index in [1.165, 1.54) is 22.2 Å². The molecule has 116 valence electrons. The van der Waals surface area contributed by atoms with Crippen molar-refractivity contribution in [3.05, 3.63) is 57.8 Å². The van der Waals surface area contributed by atoms with E-state index in [1.807, 2.05) is 18.2 Å². The lowest BCUT2D eigenvalue weighted by molar-refractivity contribution is -0.128. The van der Waals surface area contributed by atoms with Gasteiger partial charge in [-0.05, 0) is 55.0 Å². The first-order chi connectivity index (χ1) is 11.2. The van der Waals surface area contributed by atoms with Crippen LogP contribution in [0.1, 0.15) is 36.6 Å². The molecule has 0 fully saturated rings. The smallest absolute Gasteiger partial charge is 0.251 e. The number of carbonyl (C=O) groups is 1. The molecule has 3 nitrogen and oxygen atoms in total.